The van der Waals surface area contributed by atoms with Crippen LogP contribution < -0.4 is 0 Å². The molecule has 1 N–H and O–H groups in total. The molecule has 3 nitrogen and oxygen atoms in total. The van der Waals surface area contributed by atoms with E-state index in [4.69, 9.17) is 16.6 Å². The lowest BCUT2D eigenvalue weighted by Gasteiger charge is -2.31. The van der Waals surface area contributed by atoms with Gasteiger partial charge in [-0.2, -0.15) is 0 Å². The highest BCUT2D eigenvalue weighted by molar-refractivity contribution is 9.10. The van der Waals surface area contributed by atoms with Crippen LogP contribution >= 0.6 is 27.5 Å². The largest absolute Gasteiger partial charge is 0.380 e. The fourth-order valence-electron chi connectivity index (χ4n) is 3.90. The van der Waals surface area contributed by atoms with E-state index in [0.717, 1.165) is 38.7 Å². The topological polar surface area (TPSA) is 36.4 Å². The Kier molecular flexibility index (Phi) is 6.44. The smallest absolute Gasteiger partial charge is 0.137 e. The standard InChI is InChI=1S/C26H24BrClN2O/c1-30(2)14-13-26(31,20-11-7-4-8-12-20)23-17-21(27)15-19-16-22(25(28)29-24(19)23)18-9-5-3-6-10-18/h3-12,15-17,31H,13-14H2,1-2H3. The predicted octanol–water partition coefficient (Wildman–Crippen LogP) is 6.51. The van der Waals surface area contributed by atoms with Gasteiger partial charge in [0.05, 0.1) is 5.52 Å². The first-order valence-electron chi connectivity index (χ1n) is 10.2. The lowest BCUT2D eigenvalue weighted by molar-refractivity contribution is 0.0641. The number of benzene rings is 3. The van der Waals surface area contributed by atoms with Crippen molar-refractivity contribution in [3.8, 4) is 11.1 Å². The first-order valence-corrected chi connectivity index (χ1v) is 11.3. The first kappa shape index (κ1) is 22.0. The number of rotatable bonds is 6. The molecule has 0 radical (unpaired) electrons. The van der Waals surface area contributed by atoms with Gasteiger partial charge in [0.2, 0.25) is 0 Å². The highest BCUT2D eigenvalue weighted by Crippen LogP contribution is 2.40. The Bertz CT molecular complexity index is 1200. The van der Waals surface area contributed by atoms with Crippen LogP contribution in [0.1, 0.15) is 17.5 Å². The van der Waals surface area contributed by atoms with Crippen molar-refractivity contribution in [2.45, 2.75) is 12.0 Å². The summed E-state index contributed by atoms with van der Waals surface area (Å²) in [6.45, 7) is 0.717. The van der Waals surface area contributed by atoms with Gasteiger partial charge in [-0.3, -0.25) is 0 Å². The first-order chi connectivity index (χ1) is 14.9. The van der Waals surface area contributed by atoms with Gasteiger partial charge < -0.3 is 10.0 Å². The van der Waals surface area contributed by atoms with E-state index in [-0.39, 0.29) is 0 Å². The van der Waals surface area contributed by atoms with Gasteiger partial charge in [0, 0.05) is 27.5 Å². The number of hydrogen-bond donors (Lipinski definition) is 1. The Morgan fingerprint density at radius 3 is 2.26 bits per heavy atom. The molecule has 0 aliphatic heterocycles. The van der Waals surface area contributed by atoms with Gasteiger partial charge in [-0.25, -0.2) is 4.98 Å². The summed E-state index contributed by atoms with van der Waals surface area (Å²) in [5, 5.41) is 13.4. The maximum atomic E-state index is 12.1. The molecular weight excluding hydrogens is 472 g/mol. The third kappa shape index (κ3) is 4.53. The van der Waals surface area contributed by atoms with Gasteiger partial charge in [0.25, 0.3) is 0 Å². The van der Waals surface area contributed by atoms with Gasteiger partial charge in [-0.05, 0) is 49.8 Å². The third-order valence-electron chi connectivity index (χ3n) is 5.54. The van der Waals surface area contributed by atoms with E-state index in [1.54, 1.807) is 0 Å². The summed E-state index contributed by atoms with van der Waals surface area (Å²) in [7, 11) is 4.01. The quantitative estimate of drug-likeness (QED) is 0.310. The van der Waals surface area contributed by atoms with E-state index >= 15 is 0 Å². The van der Waals surface area contributed by atoms with Gasteiger partial charge in [0.15, 0.2) is 0 Å². The summed E-state index contributed by atoms with van der Waals surface area (Å²) < 4.78 is 0.886. The zero-order chi connectivity index (χ0) is 22.0. The number of hydrogen-bond acceptors (Lipinski definition) is 3. The third-order valence-corrected chi connectivity index (χ3v) is 6.28. The monoisotopic (exact) mass is 494 g/mol. The lowest BCUT2D eigenvalue weighted by Crippen LogP contribution is -2.32. The molecule has 1 heterocycles. The SMILES string of the molecule is CN(C)CCC(O)(c1ccccc1)c1cc(Br)cc2cc(-c3ccccc3)c(Cl)nc12. The summed E-state index contributed by atoms with van der Waals surface area (Å²) in [5.41, 5.74) is 2.95. The second-order valence-corrected chi connectivity index (χ2v) is 9.27. The number of nitrogens with zero attached hydrogens (tertiary/aromatic N) is 2. The second kappa shape index (κ2) is 9.09. The molecule has 158 valence electrons. The van der Waals surface area contributed by atoms with E-state index in [0.29, 0.717) is 17.1 Å². The van der Waals surface area contributed by atoms with Crippen molar-refractivity contribution >= 4 is 38.4 Å². The average Bonchev–Trinajstić information content (AvgIpc) is 2.78. The molecule has 5 heteroatoms. The van der Waals surface area contributed by atoms with Gasteiger partial charge in [0.1, 0.15) is 10.8 Å². The van der Waals surface area contributed by atoms with E-state index in [1.165, 1.54) is 0 Å². The molecule has 0 aliphatic carbocycles. The molecule has 1 aromatic heterocycles. The van der Waals surface area contributed by atoms with Crippen LogP contribution in [0.3, 0.4) is 0 Å². The van der Waals surface area contributed by atoms with Crippen LogP contribution in [0, 0.1) is 0 Å². The fourth-order valence-corrected chi connectivity index (χ4v) is 4.62. The Balaban J connectivity index is 1.95. The Hall–Kier alpha value is -2.24. The van der Waals surface area contributed by atoms with Crippen LogP contribution in [-0.4, -0.2) is 35.6 Å². The number of halogens is 2. The van der Waals surface area contributed by atoms with Crippen molar-refractivity contribution < 1.29 is 5.11 Å². The fraction of sp³-hybridized carbons (Fsp3) is 0.192. The lowest BCUT2D eigenvalue weighted by atomic mass is 9.82. The van der Waals surface area contributed by atoms with E-state index in [1.807, 2.05) is 93.0 Å². The number of aliphatic hydroxyl groups is 1. The molecule has 0 saturated heterocycles. The summed E-state index contributed by atoms with van der Waals surface area (Å²) in [6.07, 6.45) is 0.523. The summed E-state index contributed by atoms with van der Waals surface area (Å²) in [5.74, 6) is 0. The number of aromatic nitrogens is 1. The van der Waals surface area contributed by atoms with Crippen LogP contribution in [0.5, 0.6) is 0 Å². The minimum atomic E-state index is -1.21. The maximum absolute atomic E-state index is 12.1. The molecule has 31 heavy (non-hydrogen) atoms. The van der Waals surface area contributed by atoms with Crippen molar-refractivity contribution in [2.24, 2.45) is 0 Å². The average molecular weight is 496 g/mol. The van der Waals surface area contributed by atoms with Crippen molar-refractivity contribution in [3.63, 3.8) is 0 Å². The van der Waals surface area contributed by atoms with Crippen LogP contribution in [-0.2, 0) is 5.60 Å². The Morgan fingerprint density at radius 1 is 0.968 bits per heavy atom. The Labute approximate surface area is 196 Å². The molecule has 3 aromatic carbocycles. The van der Waals surface area contributed by atoms with E-state index in [9.17, 15) is 5.11 Å². The summed E-state index contributed by atoms with van der Waals surface area (Å²) in [6, 6.07) is 25.8. The zero-order valence-corrected chi connectivity index (χ0v) is 19.9. The van der Waals surface area contributed by atoms with Gasteiger partial charge in [-0.15, -0.1) is 0 Å². The minimum Gasteiger partial charge on any atom is -0.380 e. The maximum Gasteiger partial charge on any atom is 0.137 e. The van der Waals surface area contributed by atoms with Crippen molar-refractivity contribution in [3.05, 3.63) is 99.6 Å². The van der Waals surface area contributed by atoms with E-state index in [2.05, 4.69) is 20.8 Å². The highest BCUT2D eigenvalue weighted by Gasteiger charge is 2.34. The van der Waals surface area contributed by atoms with Crippen molar-refractivity contribution in [1.82, 2.24) is 9.88 Å². The number of pyridine rings is 1. The number of fused-ring (bicyclic) bond motifs is 1. The second-order valence-electron chi connectivity index (χ2n) is 8.00. The molecule has 0 fully saturated rings. The predicted molar refractivity (Wildman–Crippen MR) is 133 cm³/mol. The molecule has 0 bridgehead atoms. The summed E-state index contributed by atoms with van der Waals surface area (Å²) in [4.78, 5) is 6.85. The molecule has 0 spiro atoms. The van der Waals surface area contributed by atoms with E-state index < -0.39 is 5.60 Å². The molecular formula is C26H24BrClN2O. The Morgan fingerprint density at radius 2 is 1.61 bits per heavy atom. The molecule has 0 aliphatic rings. The van der Waals surface area contributed by atoms with Crippen LogP contribution in [0.25, 0.3) is 22.0 Å². The van der Waals surface area contributed by atoms with Crippen LogP contribution in [0.15, 0.2) is 83.3 Å². The van der Waals surface area contributed by atoms with Crippen molar-refractivity contribution in [1.29, 1.82) is 0 Å². The van der Waals surface area contributed by atoms with Crippen molar-refractivity contribution in [2.75, 3.05) is 20.6 Å². The molecule has 0 amide bonds. The van der Waals surface area contributed by atoms with Crippen LogP contribution in [0.4, 0.5) is 0 Å². The van der Waals surface area contributed by atoms with Gasteiger partial charge in [-0.1, -0.05) is 88.2 Å². The molecule has 4 rings (SSSR count). The molecule has 1 unspecified atom stereocenters. The normalized spacial score (nSPS) is 13.5. The summed E-state index contributed by atoms with van der Waals surface area (Å²) >= 11 is 10.3. The van der Waals surface area contributed by atoms with Gasteiger partial charge >= 0.3 is 0 Å². The highest BCUT2D eigenvalue weighted by atomic mass is 79.9. The molecule has 4 aromatic rings. The van der Waals surface area contributed by atoms with Crippen LogP contribution in [0.2, 0.25) is 5.15 Å². The molecule has 0 saturated carbocycles. The minimum absolute atomic E-state index is 0.422. The molecule has 1 atom stereocenters. The zero-order valence-electron chi connectivity index (χ0n) is 17.5.